The molecule has 3 aliphatic heterocycles. The van der Waals surface area contributed by atoms with Crippen molar-refractivity contribution in [2.24, 2.45) is 5.41 Å². The van der Waals surface area contributed by atoms with Gasteiger partial charge in [0.1, 0.15) is 11.9 Å². The van der Waals surface area contributed by atoms with Crippen LogP contribution in [0.1, 0.15) is 32.1 Å². The van der Waals surface area contributed by atoms with E-state index in [1.165, 1.54) is 0 Å². The van der Waals surface area contributed by atoms with E-state index in [9.17, 15) is 21.6 Å². The van der Waals surface area contributed by atoms with Crippen LogP contribution in [0.4, 0.5) is 0 Å². The highest BCUT2D eigenvalue weighted by Gasteiger charge is 2.60. The van der Waals surface area contributed by atoms with Crippen molar-refractivity contribution >= 4 is 35.5 Å². The van der Waals surface area contributed by atoms with Crippen molar-refractivity contribution in [3.05, 3.63) is 0 Å². The van der Waals surface area contributed by atoms with Crippen molar-refractivity contribution in [3.63, 3.8) is 0 Å². The number of sulfone groups is 1. The summed E-state index contributed by atoms with van der Waals surface area (Å²) in [4.78, 5) is 11.6. The Hall–Kier alpha value is -0.340. The Morgan fingerprint density at radius 1 is 1.25 bits per heavy atom. The molecule has 3 unspecified atom stereocenters. The fourth-order valence-corrected chi connectivity index (χ4v) is 7.65. The van der Waals surface area contributed by atoms with E-state index in [0.29, 0.717) is 25.7 Å². The van der Waals surface area contributed by atoms with E-state index in [1.807, 2.05) is 0 Å². The van der Waals surface area contributed by atoms with Gasteiger partial charge >= 0.3 is 5.97 Å². The van der Waals surface area contributed by atoms with E-state index >= 15 is 0 Å². The molecule has 3 rings (SSSR count). The largest absolute Gasteiger partial charge is 0.461 e. The molecule has 0 aromatic carbocycles. The first-order valence-electron chi connectivity index (χ1n) is 6.47. The predicted octanol–water partition coefficient (Wildman–Crippen LogP) is 0.597. The Morgan fingerprint density at radius 2 is 1.80 bits per heavy atom. The van der Waals surface area contributed by atoms with E-state index in [4.69, 9.17) is 15.4 Å². The molecule has 3 aliphatic rings. The molecule has 3 atom stereocenters. The summed E-state index contributed by atoms with van der Waals surface area (Å²) in [5, 5.41) is -0.951. The Bertz CT molecular complexity index is 632. The maximum Gasteiger partial charge on any atom is 0.306 e. The van der Waals surface area contributed by atoms with Crippen LogP contribution in [0.3, 0.4) is 0 Å². The second kappa shape index (κ2) is 4.33. The topological polar surface area (TPSA) is 94.6 Å². The zero-order valence-electron chi connectivity index (χ0n) is 10.6. The van der Waals surface area contributed by atoms with Crippen LogP contribution in [0.2, 0.25) is 0 Å². The van der Waals surface area contributed by atoms with Crippen LogP contribution in [0.15, 0.2) is 0 Å². The number of carbonyl (C=O) groups is 1. The Morgan fingerprint density at radius 3 is 2.30 bits per heavy atom. The summed E-state index contributed by atoms with van der Waals surface area (Å²) >= 11 is 0. The van der Waals surface area contributed by atoms with Crippen LogP contribution in [0, 0.1) is 5.41 Å². The van der Waals surface area contributed by atoms with E-state index < -0.39 is 52.6 Å². The second-order valence-corrected chi connectivity index (χ2v) is 11.4. The van der Waals surface area contributed by atoms with Crippen LogP contribution >= 0.6 is 10.7 Å². The molecule has 3 fully saturated rings. The molecule has 0 radical (unpaired) electrons. The molecule has 114 valence electrons. The van der Waals surface area contributed by atoms with Gasteiger partial charge in [0, 0.05) is 16.1 Å². The molecule has 9 heteroatoms. The van der Waals surface area contributed by atoms with Gasteiger partial charge < -0.3 is 4.74 Å². The Labute approximate surface area is 122 Å². The fourth-order valence-electron chi connectivity index (χ4n) is 3.92. The first kappa shape index (κ1) is 14.6. The summed E-state index contributed by atoms with van der Waals surface area (Å²) in [5.41, 5.74) is -0.684. The number of ether oxygens (including phenoxy) is 1. The van der Waals surface area contributed by atoms with Gasteiger partial charge in [0.05, 0.1) is 16.9 Å². The van der Waals surface area contributed by atoms with Gasteiger partial charge in [-0.15, -0.1) is 0 Å². The number of carbonyl (C=O) groups excluding carboxylic acids is 1. The summed E-state index contributed by atoms with van der Waals surface area (Å²) in [6.45, 7) is 0. The molecular weight excluding hydrogens is 328 g/mol. The minimum Gasteiger partial charge on any atom is -0.461 e. The van der Waals surface area contributed by atoms with Gasteiger partial charge in [-0.05, 0) is 25.7 Å². The molecule has 0 aliphatic carbocycles. The van der Waals surface area contributed by atoms with Crippen molar-refractivity contribution < 1.29 is 26.4 Å². The highest BCUT2D eigenvalue weighted by molar-refractivity contribution is 8.13. The van der Waals surface area contributed by atoms with Gasteiger partial charge in [0.15, 0.2) is 9.84 Å². The van der Waals surface area contributed by atoms with Crippen LogP contribution in [-0.2, 0) is 28.4 Å². The average Bonchev–Trinajstić information content (AvgIpc) is 2.62. The molecule has 3 saturated heterocycles. The number of hydrogen-bond donors (Lipinski definition) is 0. The third kappa shape index (κ3) is 2.25. The van der Waals surface area contributed by atoms with Crippen molar-refractivity contribution in [1.82, 2.24) is 0 Å². The number of cyclic esters (lactones) is 1. The first-order valence-corrected chi connectivity index (χ1v) is 10.6. The maximum atomic E-state index is 12.1. The normalized spacial score (nSPS) is 42.9. The van der Waals surface area contributed by atoms with Gasteiger partial charge in [-0.25, -0.2) is 16.8 Å². The molecule has 6 nitrogen and oxygen atoms in total. The van der Waals surface area contributed by atoms with Crippen LogP contribution in [-0.4, -0.2) is 45.2 Å². The van der Waals surface area contributed by atoms with E-state index in [2.05, 4.69) is 0 Å². The third-order valence-electron chi connectivity index (χ3n) is 4.81. The van der Waals surface area contributed by atoms with Crippen molar-refractivity contribution in [3.8, 4) is 0 Å². The van der Waals surface area contributed by atoms with Crippen LogP contribution < -0.4 is 0 Å². The minimum atomic E-state index is -3.80. The van der Waals surface area contributed by atoms with E-state index in [0.717, 1.165) is 0 Å². The highest BCUT2D eigenvalue weighted by atomic mass is 35.7. The summed E-state index contributed by atoms with van der Waals surface area (Å²) in [6.07, 6.45) is 1.04. The van der Waals surface area contributed by atoms with E-state index in [-0.39, 0.29) is 6.42 Å². The lowest BCUT2D eigenvalue weighted by atomic mass is 9.74. The Balaban J connectivity index is 1.94. The van der Waals surface area contributed by atoms with Crippen molar-refractivity contribution in [2.75, 3.05) is 5.75 Å². The van der Waals surface area contributed by atoms with Crippen molar-refractivity contribution in [2.45, 2.75) is 48.7 Å². The molecule has 3 heterocycles. The van der Waals surface area contributed by atoms with Gasteiger partial charge in [-0.1, -0.05) is 0 Å². The fraction of sp³-hybridized carbons (Fsp3) is 0.909. The second-order valence-electron chi connectivity index (χ2n) is 6.04. The van der Waals surface area contributed by atoms with Crippen LogP contribution in [0.5, 0.6) is 0 Å². The number of rotatable bonds is 2. The third-order valence-corrected chi connectivity index (χ3v) is 8.55. The van der Waals surface area contributed by atoms with Crippen molar-refractivity contribution in [1.29, 1.82) is 0 Å². The van der Waals surface area contributed by atoms with Gasteiger partial charge in [0.2, 0.25) is 9.05 Å². The first-order chi connectivity index (χ1) is 9.12. The lowest BCUT2D eigenvalue weighted by Crippen LogP contribution is -2.46. The summed E-state index contributed by atoms with van der Waals surface area (Å²) < 4.78 is 51.9. The summed E-state index contributed by atoms with van der Waals surface area (Å²) in [6, 6.07) is 0. The number of hydrogen-bond acceptors (Lipinski definition) is 6. The quantitative estimate of drug-likeness (QED) is 0.538. The average molecular weight is 343 g/mol. The molecule has 0 amide bonds. The minimum absolute atomic E-state index is 0.0899. The molecular formula is C11H15ClO6S2. The van der Waals surface area contributed by atoms with Gasteiger partial charge in [0.25, 0.3) is 0 Å². The summed E-state index contributed by atoms with van der Waals surface area (Å²) in [5.74, 6) is -0.909. The monoisotopic (exact) mass is 342 g/mol. The molecule has 0 N–H and O–H groups in total. The molecule has 0 aromatic heterocycles. The number of halogens is 1. The van der Waals surface area contributed by atoms with E-state index in [1.54, 1.807) is 0 Å². The molecule has 20 heavy (non-hydrogen) atoms. The SMILES string of the molecule is O=C1CC2(CC3CCC(C2)S3(=O)=O)C(CS(=O)(=O)Cl)O1. The molecule has 2 bridgehead atoms. The Kier molecular flexibility index (Phi) is 3.16. The molecule has 0 saturated carbocycles. The lowest BCUT2D eigenvalue weighted by molar-refractivity contribution is -0.141. The lowest BCUT2D eigenvalue weighted by Gasteiger charge is -2.39. The standard InChI is InChI=1S/C11H15ClO6S2/c12-19(14,15)6-9-11(5-10(13)18-9)3-7-1-2-8(4-11)20(7,16)17/h7-9H,1-6H2. The van der Waals surface area contributed by atoms with Gasteiger partial charge in [-0.2, -0.15) is 0 Å². The maximum absolute atomic E-state index is 12.1. The summed E-state index contributed by atoms with van der Waals surface area (Å²) in [7, 11) is -1.66. The van der Waals surface area contributed by atoms with Gasteiger partial charge in [-0.3, -0.25) is 4.79 Å². The predicted molar refractivity (Wildman–Crippen MR) is 71.5 cm³/mol. The smallest absolute Gasteiger partial charge is 0.306 e. The van der Waals surface area contributed by atoms with Crippen LogP contribution in [0.25, 0.3) is 0 Å². The molecule has 0 aromatic rings. The highest BCUT2D eigenvalue weighted by Crippen LogP contribution is 2.54. The zero-order chi connectivity index (χ0) is 14.8. The number of fused-ring (bicyclic) bond motifs is 2. The zero-order valence-corrected chi connectivity index (χ0v) is 13.0. The molecule has 1 spiro atoms. The number of esters is 1.